The molecule has 1 aromatic heterocycles. The first-order valence-electron chi connectivity index (χ1n) is 9.84. The first kappa shape index (κ1) is 22.0. The molecule has 0 aliphatic heterocycles. The van der Waals surface area contributed by atoms with Crippen molar-refractivity contribution >= 4 is 26.6 Å². The predicted molar refractivity (Wildman–Crippen MR) is 120 cm³/mol. The summed E-state index contributed by atoms with van der Waals surface area (Å²) < 4.78 is 26.0. The van der Waals surface area contributed by atoms with Gasteiger partial charge in [-0.3, -0.25) is 4.72 Å². The van der Waals surface area contributed by atoms with Crippen molar-refractivity contribution < 1.29 is 8.42 Å². The lowest BCUT2D eigenvalue weighted by Crippen LogP contribution is -2.25. The lowest BCUT2D eigenvalue weighted by Gasteiger charge is -2.32. The standard InChI is InChI=1S/C21H26N2O2S.C2H6/c1-15(2)13-21(3,16-9-6-5-7-10-16)18-14-22-20-17(18)11-8-12-19(20)23-26(4,24)25;1-2/h5-12,14-15,22-23H,13H2,1-4H3;1-2H3. The maximum Gasteiger partial charge on any atom is 0.229 e. The van der Waals surface area contributed by atoms with Crippen LogP contribution in [0.2, 0.25) is 0 Å². The van der Waals surface area contributed by atoms with Gasteiger partial charge in [0.25, 0.3) is 0 Å². The molecule has 4 nitrogen and oxygen atoms in total. The van der Waals surface area contributed by atoms with Crippen molar-refractivity contribution in [3.05, 3.63) is 65.9 Å². The summed E-state index contributed by atoms with van der Waals surface area (Å²) in [6.07, 6.45) is 4.18. The number of benzene rings is 2. The Morgan fingerprint density at radius 2 is 1.68 bits per heavy atom. The highest BCUT2D eigenvalue weighted by atomic mass is 32.2. The van der Waals surface area contributed by atoms with Gasteiger partial charge in [0.15, 0.2) is 0 Å². The van der Waals surface area contributed by atoms with Crippen LogP contribution < -0.4 is 4.72 Å². The number of aromatic amines is 1. The van der Waals surface area contributed by atoms with Crippen LogP contribution in [0.1, 0.15) is 52.2 Å². The van der Waals surface area contributed by atoms with Gasteiger partial charge in [-0.05, 0) is 29.5 Å². The molecule has 0 bridgehead atoms. The zero-order valence-electron chi connectivity index (χ0n) is 17.7. The maximum absolute atomic E-state index is 11.7. The minimum atomic E-state index is -3.34. The number of sulfonamides is 1. The predicted octanol–water partition coefficient (Wildman–Crippen LogP) is 5.92. The third kappa shape index (κ3) is 4.76. The van der Waals surface area contributed by atoms with Crippen LogP contribution >= 0.6 is 0 Å². The van der Waals surface area contributed by atoms with E-state index in [0.717, 1.165) is 17.3 Å². The molecule has 1 atom stereocenters. The van der Waals surface area contributed by atoms with Gasteiger partial charge in [-0.1, -0.05) is 77.1 Å². The van der Waals surface area contributed by atoms with Gasteiger partial charge in [-0.25, -0.2) is 8.42 Å². The SMILES string of the molecule is CC.CC(C)CC(C)(c1ccccc1)c1c[nH]c2c(NS(C)(=O)=O)cccc12. The zero-order chi connectivity index (χ0) is 20.9. The van der Waals surface area contributed by atoms with Crippen LogP contribution in [0.25, 0.3) is 10.9 Å². The van der Waals surface area contributed by atoms with Crippen LogP contribution in [-0.4, -0.2) is 19.7 Å². The van der Waals surface area contributed by atoms with E-state index < -0.39 is 10.0 Å². The van der Waals surface area contributed by atoms with Crippen molar-refractivity contribution in [1.29, 1.82) is 0 Å². The van der Waals surface area contributed by atoms with E-state index >= 15 is 0 Å². The molecule has 0 radical (unpaired) electrons. The second kappa shape index (κ2) is 8.82. The number of rotatable bonds is 6. The molecule has 3 aromatic rings. The highest BCUT2D eigenvalue weighted by molar-refractivity contribution is 7.92. The maximum atomic E-state index is 11.7. The Hall–Kier alpha value is -2.27. The van der Waals surface area contributed by atoms with E-state index in [2.05, 4.69) is 60.8 Å². The molecule has 0 amide bonds. The van der Waals surface area contributed by atoms with Crippen molar-refractivity contribution in [3.8, 4) is 0 Å². The number of nitrogens with one attached hydrogen (secondary N) is 2. The van der Waals surface area contributed by atoms with Crippen molar-refractivity contribution in [1.82, 2.24) is 4.98 Å². The van der Waals surface area contributed by atoms with E-state index in [1.807, 2.05) is 32.2 Å². The van der Waals surface area contributed by atoms with Crippen LogP contribution in [0, 0.1) is 5.92 Å². The molecule has 1 heterocycles. The van der Waals surface area contributed by atoms with E-state index in [1.54, 1.807) is 6.07 Å². The molecule has 0 aliphatic rings. The van der Waals surface area contributed by atoms with E-state index in [9.17, 15) is 8.42 Å². The molecule has 28 heavy (non-hydrogen) atoms. The van der Waals surface area contributed by atoms with E-state index in [-0.39, 0.29) is 5.41 Å². The number of para-hydroxylation sites is 1. The molecule has 3 rings (SSSR count). The quantitative estimate of drug-likeness (QED) is 0.540. The second-order valence-corrected chi connectivity index (χ2v) is 9.35. The summed E-state index contributed by atoms with van der Waals surface area (Å²) in [6, 6.07) is 16.2. The molecule has 5 heteroatoms. The number of H-pyrrole nitrogens is 1. The molecule has 0 spiro atoms. The Bertz CT molecular complexity index is 1010. The monoisotopic (exact) mass is 400 g/mol. The fourth-order valence-corrected chi connectivity index (χ4v) is 4.47. The summed E-state index contributed by atoms with van der Waals surface area (Å²) in [5, 5.41) is 1.05. The summed E-state index contributed by atoms with van der Waals surface area (Å²) >= 11 is 0. The van der Waals surface area contributed by atoms with Gasteiger partial charge in [-0.2, -0.15) is 0 Å². The fraction of sp³-hybridized carbons (Fsp3) is 0.391. The summed E-state index contributed by atoms with van der Waals surface area (Å²) in [4.78, 5) is 3.30. The van der Waals surface area contributed by atoms with E-state index in [1.165, 1.54) is 17.4 Å². The van der Waals surface area contributed by atoms with Crippen LogP contribution in [0.3, 0.4) is 0 Å². The minimum absolute atomic E-state index is 0.169. The summed E-state index contributed by atoms with van der Waals surface area (Å²) in [6.45, 7) is 10.7. The van der Waals surface area contributed by atoms with Gasteiger partial charge in [0.05, 0.1) is 17.5 Å². The third-order valence-electron chi connectivity index (χ3n) is 4.83. The Morgan fingerprint density at radius 1 is 1.04 bits per heavy atom. The smallest absolute Gasteiger partial charge is 0.229 e. The number of hydrogen-bond acceptors (Lipinski definition) is 2. The first-order valence-corrected chi connectivity index (χ1v) is 11.7. The molecule has 2 aromatic carbocycles. The molecule has 0 fully saturated rings. The summed E-state index contributed by atoms with van der Waals surface area (Å²) in [5.74, 6) is 0.516. The van der Waals surface area contributed by atoms with Gasteiger partial charge in [0.2, 0.25) is 10.0 Å². The van der Waals surface area contributed by atoms with Crippen molar-refractivity contribution in [3.63, 3.8) is 0 Å². The molecule has 152 valence electrons. The van der Waals surface area contributed by atoms with Crippen molar-refractivity contribution in [2.45, 2.75) is 46.5 Å². The highest BCUT2D eigenvalue weighted by Crippen LogP contribution is 2.42. The Labute approximate surface area is 169 Å². The van der Waals surface area contributed by atoms with Gasteiger partial charge >= 0.3 is 0 Å². The molecule has 0 saturated heterocycles. The number of anilines is 1. The molecule has 0 saturated carbocycles. The molecular formula is C23H32N2O2S. The molecule has 0 aliphatic carbocycles. The molecule has 1 unspecified atom stereocenters. The third-order valence-corrected chi connectivity index (χ3v) is 5.42. The van der Waals surface area contributed by atoms with Gasteiger partial charge in [0.1, 0.15) is 0 Å². The number of fused-ring (bicyclic) bond motifs is 1. The average Bonchev–Trinajstić information content (AvgIpc) is 3.08. The van der Waals surface area contributed by atoms with Gasteiger partial charge in [0, 0.05) is 17.0 Å². The summed E-state index contributed by atoms with van der Waals surface area (Å²) in [7, 11) is -3.34. The van der Waals surface area contributed by atoms with Crippen LogP contribution in [0.15, 0.2) is 54.7 Å². The normalized spacial score (nSPS) is 13.7. The zero-order valence-corrected chi connectivity index (χ0v) is 18.5. The number of hydrogen-bond donors (Lipinski definition) is 2. The van der Waals surface area contributed by atoms with Gasteiger partial charge in [-0.15, -0.1) is 0 Å². The molecular weight excluding hydrogens is 368 g/mol. The number of aromatic nitrogens is 1. The van der Waals surface area contributed by atoms with E-state index in [0.29, 0.717) is 11.6 Å². The Balaban J connectivity index is 0.00000136. The Kier molecular flexibility index (Phi) is 6.94. The summed E-state index contributed by atoms with van der Waals surface area (Å²) in [5.41, 5.74) is 3.67. The molecule has 2 N–H and O–H groups in total. The van der Waals surface area contributed by atoms with Crippen LogP contribution in [-0.2, 0) is 15.4 Å². The topological polar surface area (TPSA) is 62.0 Å². The lowest BCUT2D eigenvalue weighted by molar-refractivity contribution is 0.430. The van der Waals surface area contributed by atoms with Crippen molar-refractivity contribution in [2.24, 2.45) is 5.92 Å². The lowest BCUT2D eigenvalue weighted by atomic mass is 9.71. The first-order chi connectivity index (χ1) is 13.2. The Morgan fingerprint density at radius 3 is 2.25 bits per heavy atom. The van der Waals surface area contributed by atoms with Crippen molar-refractivity contribution in [2.75, 3.05) is 11.0 Å². The fourth-order valence-electron chi connectivity index (χ4n) is 3.90. The van der Waals surface area contributed by atoms with Crippen LogP contribution in [0.4, 0.5) is 5.69 Å². The minimum Gasteiger partial charge on any atom is -0.359 e. The largest absolute Gasteiger partial charge is 0.359 e. The van der Waals surface area contributed by atoms with Crippen LogP contribution in [0.5, 0.6) is 0 Å². The highest BCUT2D eigenvalue weighted by Gasteiger charge is 2.32. The second-order valence-electron chi connectivity index (χ2n) is 7.60. The van der Waals surface area contributed by atoms with Gasteiger partial charge < -0.3 is 4.98 Å². The average molecular weight is 401 g/mol. The van der Waals surface area contributed by atoms with E-state index in [4.69, 9.17) is 0 Å².